The first-order chi connectivity index (χ1) is 10.5. The van der Waals surface area contributed by atoms with Crippen LogP contribution in [0.3, 0.4) is 0 Å². The third kappa shape index (κ3) is 3.01. The fraction of sp³-hybridized carbons (Fsp3) is 0.353. The Labute approximate surface area is 129 Å². The zero-order valence-electron chi connectivity index (χ0n) is 13.3. The number of benzene rings is 1. The summed E-state index contributed by atoms with van der Waals surface area (Å²) in [5, 5.41) is 13.3. The second-order valence-electron chi connectivity index (χ2n) is 5.29. The molecule has 5 heteroatoms. The highest BCUT2D eigenvalue weighted by molar-refractivity contribution is 5.39. The van der Waals surface area contributed by atoms with Gasteiger partial charge in [-0.25, -0.2) is 4.68 Å². The Hall–Kier alpha value is -2.61. The van der Waals surface area contributed by atoms with Gasteiger partial charge in [0.1, 0.15) is 24.0 Å². The number of para-hydroxylation sites is 1. The maximum Gasteiger partial charge on any atom is 0.285 e. The maximum absolute atomic E-state index is 12.2. The van der Waals surface area contributed by atoms with E-state index in [2.05, 4.69) is 5.10 Å². The SMILES string of the molecule is Cc1cccc(C)c1OCCn1nc(C)c(C)c(C#N)c1=O. The van der Waals surface area contributed by atoms with Crippen LogP contribution in [0.1, 0.15) is 27.9 Å². The Kier molecular flexibility index (Phi) is 4.62. The van der Waals surface area contributed by atoms with Gasteiger partial charge in [-0.3, -0.25) is 4.79 Å². The van der Waals surface area contributed by atoms with E-state index in [9.17, 15) is 4.79 Å². The van der Waals surface area contributed by atoms with Crippen LogP contribution >= 0.6 is 0 Å². The summed E-state index contributed by atoms with van der Waals surface area (Å²) >= 11 is 0. The molecule has 0 radical (unpaired) electrons. The molecule has 1 heterocycles. The monoisotopic (exact) mass is 297 g/mol. The van der Waals surface area contributed by atoms with Gasteiger partial charge < -0.3 is 4.74 Å². The minimum Gasteiger partial charge on any atom is -0.491 e. The van der Waals surface area contributed by atoms with Gasteiger partial charge in [-0.2, -0.15) is 10.4 Å². The van der Waals surface area contributed by atoms with Crippen molar-refractivity contribution >= 4 is 0 Å². The molecule has 0 bridgehead atoms. The van der Waals surface area contributed by atoms with E-state index >= 15 is 0 Å². The molecule has 2 aromatic rings. The first-order valence-corrected chi connectivity index (χ1v) is 7.13. The van der Waals surface area contributed by atoms with Crippen molar-refractivity contribution in [2.75, 3.05) is 6.61 Å². The summed E-state index contributed by atoms with van der Waals surface area (Å²) < 4.78 is 7.09. The predicted molar refractivity (Wildman–Crippen MR) is 84.1 cm³/mol. The van der Waals surface area contributed by atoms with E-state index in [-0.39, 0.29) is 11.1 Å². The lowest BCUT2D eigenvalue weighted by Gasteiger charge is -2.13. The van der Waals surface area contributed by atoms with Gasteiger partial charge in [-0.15, -0.1) is 0 Å². The molecule has 0 N–H and O–H groups in total. The molecule has 0 saturated carbocycles. The van der Waals surface area contributed by atoms with Gasteiger partial charge in [0.15, 0.2) is 0 Å². The van der Waals surface area contributed by atoms with Crippen molar-refractivity contribution in [1.82, 2.24) is 9.78 Å². The number of hydrogen-bond acceptors (Lipinski definition) is 4. The largest absolute Gasteiger partial charge is 0.491 e. The van der Waals surface area contributed by atoms with Crippen molar-refractivity contribution in [3.8, 4) is 11.8 Å². The van der Waals surface area contributed by atoms with E-state index in [0.29, 0.717) is 24.4 Å². The quantitative estimate of drug-likeness (QED) is 0.869. The number of aryl methyl sites for hydroxylation is 3. The molecule has 0 aliphatic rings. The average molecular weight is 297 g/mol. The molecule has 1 aromatic carbocycles. The normalized spacial score (nSPS) is 10.3. The summed E-state index contributed by atoms with van der Waals surface area (Å²) in [6.07, 6.45) is 0. The van der Waals surface area contributed by atoms with Crippen LogP contribution in [-0.4, -0.2) is 16.4 Å². The first kappa shape index (κ1) is 15.8. The van der Waals surface area contributed by atoms with Crippen LogP contribution in [0, 0.1) is 39.0 Å². The molecule has 0 aliphatic carbocycles. The molecule has 0 amide bonds. The molecular weight excluding hydrogens is 278 g/mol. The number of rotatable bonds is 4. The number of ether oxygens (including phenoxy) is 1. The Morgan fingerprint density at radius 3 is 2.45 bits per heavy atom. The summed E-state index contributed by atoms with van der Waals surface area (Å²) in [4.78, 5) is 12.2. The van der Waals surface area contributed by atoms with Crippen LogP contribution in [0.4, 0.5) is 0 Å². The zero-order chi connectivity index (χ0) is 16.3. The Balaban J connectivity index is 2.18. The highest BCUT2D eigenvalue weighted by Gasteiger charge is 2.11. The van der Waals surface area contributed by atoms with Gasteiger partial charge >= 0.3 is 0 Å². The Morgan fingerprint density at radius 2 is 1.86 bits per heavy atom. The molecule has 114 valence electrons. The van der Waals surface area contributed by atoms with Crippen molar-refractivity contribution < 1.29 is 4.74 Å². The molecule has 0 saturated heterocycles. The van der Waals surface area contributed by atoms with E-state index in [0.717, 1.165) is 16.9 Å². The molecule has 5 nitrogen and oxygen atoms in total. The summed E-state index contributed by atoms with van der Waals surface area (Å²) in [6, 6.07) is 7.90. The molecule has 2 rings (SSSR count). The van der Waals surface area contributed by atoms with Gasteiger partial charge in [0.05, 0.1) is 12.2 Å². The first-order valence-electron chi connectivity index (χ1n) is 7.13. The number of nitrogens with zero attached hydrogens (tertiary/aromatic N) is 3. The highest BCUT2D eigenvalue weighted by atomic mass is 16.5. The van der Waals surface area contributed by atoms with Crippen molar-refractivity contribution in [2.45, 2.75) is 34.2 Å². The minimum absolute atomic E-state index is 0.152. The van der Waals surface area contributed by atoms with Crippen molar-refractivity contribution in [3.63, 3.8) is 0 Å². The minimum atomic E-state index is -0.365. The van der Waals surface area contributed by atoms with E-state index in [1.165, 1.54) is 4.68 Å². The molecule has 0 aliphatic heterocycles. The summed E-state index contributed by atoms with van der Waals surface area (Å²) in [6.45, 7) is 8.12. The topological polar surface area (TPSA) is 67.9 Å². The summed E-state index contributed by atoms with van der Waals surface area (Å²) in [5.74, 6) is 0.833. The molecule has 1 aromatic heterocycles. The van der Waals surface area contributed by atoms with Crippen molar-refractivity contribution in [1.29, 1.82) is 5.26 Å². The Bertz CT molecular complexity index is 781. The Morgan fingerprint density at radius 1 is 1.23 bits per heavy atom. The number of nitriles is 1. The fourth-order valence-corrected chi connectivity index (χ4v) is 2.32. The van der Waals surface area contributed by atoms with Gasteiger partial charge in [-0.1, -0.05) is 18.2 Å². The average Bonchev–Trinajstić information content (AvgIpc) is 2.48. The van der Waals surface area contributed by atoms with Crippen LogP contribution in [0.2, 0.25) is 0 Å². The fourth-order valence-electron chi connectivity index (χ4n) is 2.32. The lowest BCUT2D eigenvalue weighted by molar-refractivity contribution is 0.283. The third-order valence-electron chi connectivity index (χ3n) is 3.71. The van der Waals surface area contributed by atoms with Crippen LogP contribution in [0.15, 0.2) is 23.0 Å². The standard InChI is InChI=1S/C17H19N3O2/c1-11-6-5-7-12(2)16(11)22-9-8-20-17(21)15(10-18)13(3)14(4)19-20/h5-7H,8-9H2,1-4H3. The van der Waals surface area contributed by atoms with Gasteiger partial charge in [0.25, 0.3) is 5.56 Å². The predicted octanol–water partition coefficient (Wildman–Crippen LogP) is 2.43. The van der Waals surface area contributed by atoms with Gasteiger partial charge in [0.2, 0.25) is 0 Å². The van der Waals surface area contributed by atoms with Gasteiger partial charge in [0, 0.05) is 0 Å². The lowest BCUT2D eigenvalue weighted by atomic mass is 10.1. The lowest BCUT2D eigenvalue weighted by Crippen LogP contribution is -2.29. The zero-order valence-corrected chi connectivity index (χ0v) is 13.3. The van der Waals surface area contributed by atoms with E-state index in [1.54, 1.807) is 13.8 Å². The van der Waals surface area contributed by atoms with Crippen LogP contribution < -0.4 is 10.3 Å². The summed E-state index contributed by atoms with van der Waals surface area (Å²) in [7, 11) is 0. The third-order valence-corrected chi connectivity index (χ3v) is 3.71. The van der Waals surface area contributed by atoms with Gasteiger partial charge in [-0.05, 0) is 44.4 Å². The van der Waals surface area contributed by atoms with E-state index < -0.39 is 0 Å². The molecule has 0 unspecified atom stereocenters. The molecule has 0 fully saturated rings. The van der Waals surface area contributed by atoms with Crippen LogP contribution in [-0.2, 0) is 6.54 Å². The smallest absolute Gasteiger partial charge is 0.285 e. The molecular formula is C17H19N3O2. The molecule has 0 atom stereocenters. The molecule has 22 heavy (non-hydrogen) atoms. The van der Waals surface area contributed by atoms with Crippen molar-refractivity contribution in [3.05, 3.63) is 56.5 Å². The van der Waals surface area contributed by atoms with Crippen LogP contribution in [0.5, 0.6) is 5.75 Å². The second-order valence-corrected chi connectivity index (χ2v) is 5.29. The van der Waals surface area contributed by atoms with E-state index in [4.69, 9.17) is 10.00 Å². The van der Waals surface area contributed by atoms with E-state index in [1.807, 2.05) is 38.1 Å². The molecule has 0 spiro atoms. The second kappa shape index (κ2) is 6.44. The highest BCUT2D eigenvalue weighted by Crippen LogP contribution is 2.22. The maximum atomic E-state index is 12.2. The summed E-state index contributed by atoms with van der Waals surface area (Å²) in [5.41, 5.74) is 3.22. The number of hydrogen-bond donors (Lipinski definition) is 0. The van der Waals surface area contributed by atoms with Crippen molar-refractivity contribution in [2.24, 2.45) is 0 Å². The van der Waals surface area contributed by atoms with Crippen LogP contribution in [0.25, 0.3) is 0 Å². The number of aromatic nitrogens is 2.